The minimum atomic E-state index is -0.645. The van der Waals surface area contributed by atoms with E-state index in [0.717, 1.165) is 5.56 Å². The Morgan fingerprint density at radius 1 is 1.25 bits per heavy atom. The van der Waals surface area contributed by atoms with Gasteiger partial charge in [-0.05, 0) is 42.8 Å². The van der Waals surface area contributed by atoms with Crippen LogP contribution >= 0.6 is 11.6 Å². The number of nitrogens with zero attached hydrogens (tertiary/aromatic N) is 3. The minimum Gasteiger partial charge on any atom is -0.377 e. The van der Waals surface area contributed by atoms with Crippen molar-refractivity contribution in [2.75, 3.05) is 18.5 Å². The molecule has 1 aliphatic rings. The summed E-state index contributed by atoms with van der Waals surface area (Å²) in [5, 5.41) is 8.07. The van der Waals surface area contributed by atoms with Gasteiger partial charge in [0.15, 0.2) is 0 Å². The molecule has 0 unspecified atom stereocenters. The predicted molar refractivity (Wildman–Crippen MR) is 105 cm³/mol. The summed E-state index contributed by atoms with van der Waals surface area (Å²) in [5.74, 6) is -0.199. The summed E-state index contributed by atoms with van der Waals surface area (Å²) >= 11 is 5.91. The van der Waals surface area contributed by atoms with Crippen molar-refractivity contribution in [3.8, 4) is 11.3 Å². The van der Waals surface area contributed by atoms with Gasteiger partial charge in [0.25, 0.3) is 5.56 Å². The Labute approximate surface area is 165 Å². The van der Waals surface area contributed by atoms with Crippen LogP contribution in [0, 0.1) is 12.9 Å². The van der Waals surface area contributed by atoms with E-state index in [4.69, 9.17) is 16.3 Å². The molecule has 0 radical (unpaired) electrons. The number of hydrogen-bond acceptors (Lipinski definition) is 5. The maximum Gasteiger partial charge on any atom is 0.270 e. The van der Waals surface area contributed by atoms with E-state index in [2.05, 4.69) is 15.4 Å². The number of pyridine rings is 1. The van der Waals surface area contributed by atoms with Crippen LogP contribution in [0.25, 0.3) is 11.3 Å². The molecule has 3 aromatic rings. The molecule has 28 heavy (non-hydrogen) atoms. The van der Waals surface area contributed by atoms with Crippen LogP contribution in [0.1, 0.15) is 11.1 Å². The Kier molecular flexibility index (Phi) is 5.11. The van der Waals surface area contributed by atoms with Gasteiger partial charge in [-0.25, -0.2) is 9.67 Å². The first-order valence-electron chi connectivity index (χ1n) is 8.84. The largest absolute Gasteiger partial charge is 0.377 e. The van der Waals surface area contributed by atoms with Gasteiger partial charge >= 0.3 is 0 Å². The zero-order chi connectivity index (χ0) is 19.7. The first-order valence-corrected chi connectivity index (χ1v) is 9.22. The number of anilines is 1. The number of halogens is 2. The minimum absolute atomic E-state index is 0.152. The molecule has 1 N–H and O–H groups in total. The number of nitrogens with one attached hydrogen (secondary N) is 1. The fourth-order valence-corrected chi connectivity index (χ4v) is 3.04. The van der Waals surface area contributed by atoms with Crippen LogP contribution in [0.15, 0.2) is 47.3 Å². The lowest BCUT2D eigenvalue weighted by atomic mass is 10.1. The Morgan fingerprint density at radius 2 is 2.00 bits per heavy atom. The highest BCUT2D eigenvalue weighted by atomic mass is 35.5. The molecular formula is C20H18ClFN4O2. The molecule has 0 atom stereocenters. The van der Waals surface area contributed by atoms with Crippen LogP contribution < -0.4 is 10.9 Å². The average molecular weight is 401 g/mol. The standard InChI is InChI=1S/C20H18ClFN4O2/c1-12-8-17(16-6-7-18(24-19(16)22)23-15-10-28-11-15)25-26(20(12)27)9-13-2-4-14(21)5-3-13/h2-8,15H,9-11H2,1H3,(H,23,24). The number of benzene rings is 1. The number of rotatable bonds is 5. The molecule has 1 fully saturated rings. The van der Waals surface area contributed by atoms with Crippen LogP contribution in [0.2, 0.25) is 5.02 Å². The summed E-state index contributed by atoms with van der Waals surface area (Å²) in [6, 6.07) is 12.2. The third-order valence-electron chi connectivity index (χ3n) is 4.51. The number of ether oxygens (including phenoxy) is 1. The second-order valence-electron chi connectivity index (χ2n) is 6.72. The fourth-order valence-electron chi connectivity index (χ4n) is 2.91. The Morgan fingerprint density at radius 3 is 2.64 bits per heavy atom. The molecule has 1 aromatic carbocycles. The normalized spacial score (nSPS) is 14.0. The third-order valence-corrected chi connectivity index (χ3v) is 4.77. The Hall–Kier alpha value is -2.77. The van der Waals surface area contributed by atoms with E-state index in [1.807, 2.05) is 12.1 Å². The molecule has 1 saturated heterocycles. The van der Waals surface area contributed by atoms with Crippen LogP contribution in [0.3, 0.4) is 0 Å². The lowest BCUT2D eigenvalue weighted by molar-refractivity contribution is 0.0209. The predicted octanol–water partition coefficient (Wildman–Crippen LogP) is 3.27. The second kappa shape index (κ2) is 7.69. The highest BCUT2D eigenvalue weighted by molar-refractivity contribution is 6.30. The summed E-state index contributed by atoms with van der Waals surface area (Å²) in [7, 11) is 0. The average Bonchev–Trinajstić information content (AvgIpc) is 2.64. The van der Waals surface area contributed by atoms with Gasteiger partial charge in [0.05, 0.1) is 37.1 Å². The first-order chi connectivity index (χ1) is 13.5. The Bertz CT molecular complexity index is 1060. The zero-order valence-corrected chi connectivity index (χ0v) is 15.9. The van der Waals surface area contributed by atoms with Gasteiger partial charge in [-0.3, -0.25) is 4.79 Å². The van der Waals surface area contributed by atoms with Crippen molar-refractivity contribution in [1.29, 1.82) is 0 Å². The van der Waals surface area contributed by atoms with Crippen molar-refractivity contribution in [1.82, 2.24) is 14.8 Å². The number of aryl methyl sites for hydroxylation is 1. The van der Waals surface area contributed by atoms with Gasteiger partial charge in [0.1, 0.15) is 5.82 Å². The van der Waals surface area contributed by atoms with Crippen LogP contribution in [0.4, 0.5) is 10.2 Å². The molecule has 0 spiro atoms. The van der Waals surface area contributed by atoms with Crippen molar-refractivity contribution in [3.63, 3.8) is 0 Å². The first kappa shape index (κ1) is 18.6. The van der Waals surface area contributed by atoms with E-state index >= 15 is 0 Å². The van der Waals surface area contributed by atoms with Crippen molar-refractivity contribution in [2.24, 2.45) is 0 Å². The van der Waals surface area contributed by atoms with E-state index in [-0.39, 0.29) is 23.7 Å². The van der Waals surface area contributed by atoms with Gasteiger partial charge < -0.3 is 10.1 Å². The maximum atomic E-state index is 14.6. The zero-order valence-electron chi connectivity index (χ0n) is 15.2. The van der Waals surface area contributed by atoms with Crippen molar-refractivity contribution in [3.05, 3.63) is 74.9 Å². The molecule has 4 rings (SSSR count). The molecule has 1 aliphatic heterocycles. The molecule has 3 heterocycles. The summed E-state index contributed by atoms with van der Waals surface area (Å²) in [6.07, 6.45) is 0. The molecule has 0 bridgehead atoms. The maximum absolute atomic E-state index is 14.6. The molecule has 6 nitrogen and oxygen atoms in total. The second-order valence-corrected chi connectivity index (χ2v) is 7.15. The van der Waals surface area contributed by atoms with E-state index < -0.39 is 5.95 Å². The van der Waals surface area contributed by atoms with E-state index in [1.54, 1.807) is 37.3 Å². The fraction of sp³-hybridized carbons (Fsp3) is 0.250. The molecular weight excluding hydrogens is 383 g/mol. The molecule has 0 aliphatic carbocycles. The van der Waals surface area contributed by atoms with Crippen molar-refractivity contribution < 1.29 is 9.13 Å². The highest BCUT2D eigenvalue weighted by Crippen LogP contribution is 2.22. The van der Waals surface area contributed by atoms with Gasteiger partial charge in [-0.15, -0.1) is 0 Å². The number of aromatic nitrogens is 3. The van der Waals surface area contributed by atoms with Crippen molar-refractivity contribution in [2.45, 2.75) is 19.5 Å². The SMILES string of the molecule is Cc1cc(-c2ccc(NC3COC3)nc2F)nn(Cc2ccc(Cl)cc2)c1=O. The molecule has 144 valence electrons. The topological polar surface area (TPSA) is 69.0 Å². The van der Waals surface area contributed by atoms with Crippen LogP contribution in [-0.4, -0.2) is 34.0 Å². The lowest BCUT2D eigenvalue weighted by Crippen LogP contribution is -2.40. The van der Waals surface area contributed by atoms with Gasteiger partial charge in [-0.2, -0.15) is 9.49 Å². The summed E-state index contributed by atoms with van der Waals surface area (Å²) < 4.78 is 21.0. The molecule has 0 saturated carbocycles. The lowest BCUT2D eigenvalue weighted by Gasteiger charge is -2.27. The molecule has 0 amide bonds. The smallest absolute Gasteiger partial charge is 0.270 e. The highest BCUT2D eigenvalue weighted by Gasteiger charge is 2.19. The van der Waals surface area contributed by atoms with Crippen LogP contribution in [-0.2, 0) is 11.3 Å². The van der Waals surface area contributed by atoms with Gasteiger partial charge in [0, 0.05) is 10.6 Å². The molecule has 8 heteroatoms. The van der Waals surface area contributed by atoms with E-state index in [1.165, 1.54) is 4.68 Å². The van der Waals surface area contributed by atoms with Crippen molar-refractivity contribution >= 4 is 17.4 Å². The van der Waals surface area contributed by atoms with Crippen LogP contribution in [0.5, 0.6) is 0 Å². The number of hydrogen-bond donors (Lipinski definition) is 1. The quantitative estimate of drug-likeness (QED) is 0.666. The third kappa shape index (κ3) is 3.90. The van der Waals surface area contributed by atoms with Gasteiger partial charge in [0.2, 0.25) is 5.95 Å². The van der Waals surface area contributed by atoms with Gasteiger partial charge in [-0.1, -0.05) is 23.7 Å². The monoisotopic (exact) mass is 400 g/mol. The van der Waals surface area contributed by atoms with E-state index in [0.29, 0.717) is 35.3 Å². The summed E-state index contributed by atoms with van der Waals surface area (Å²) in [5.41, 5.74) is 1.72. The van der Waals surface area contributed by atoms with E-state index in [9.17, 15) is 9.18 Å². The summed E-state index contributed by atoms with van der Waals surface area (Å²) in [6.45, 7) is 3.12. The molecule has 2 aromatic heterocycles. The Balaban J connectivity index is 1.65. The summed E-state index contributed by atoms with van der Waals surface area (Å²) in [4.78, 5) is 16.4.